The second-order valence-electron chi connectivity index (χ2n) is 8.31. The summed E-state index contributed by atoms with van der Waals surface area (Å²) in [5.41, 5.74) is 3.48. The summed E-state index contributed by atoms with van der Waals surface area (Å²) in [5.74, 6) is 2.66. The summed E-state index contributed by atoms with van der Waals surface area (Å²) >= 11 is 1.54. The molecule has 2 aromatic heterocycles. The van der Waals surface area contributed by atoms with Gasteiger partial charge in [-0.3, -0.25) is 4.79 Å². The maximum atomic E-state index is 12.7. The fourth-order valence-corrected chi connectivity index (χ4v) is 5.01. The summed E-state index contributed by atoms with van der Waals surface area (Å²) in [6, 6.07) is 15.7. The number of nitrogens with one attached hydrogen (secondary N) is 1. The molecule has 1 aliphatic heterocycles. The smallest absolute Gasteiger partial charge is 0.230 e. The molecule has 0 spiro atoms. The van der Waals surface area contributed by atoms with Crippen molar-refractivity contribution in [1.82, 2.24) is 19.7 Å². The molecule has 1 aliphatic rings. The molecular formula is C26H27N5O2S. The van der Waals surface area contributed by atoms with E-state index in [2.05, 4.69) is 25.1 Å². The number of hydrogen-bond acceptors (Lipinski definition) is 6. The molecule has 8 heteroatoms. The minimum atomic E-state index is -0.0965. The monoisotopic (exact) mass is 473 g/mol. The van der Waals surface area contributed by atoms with Gasteiger partial charge in [0.15, 0.2) is 5.82 Å². The van der Waals surface area contributed by atoms with Gasteiger partial charge in [-0.15, -0.1) is 21.5 Å². The van der Waals surface area contributed by atoms with Crippen LogP contribution in [-0.2, 0) is 24.2 Å². The Morgan fingerprint density at radius 3 is 2.82 bits per heavy atom. The van der Waals surface area contributed by atoms with Crippen molar-refractivity contribution >= 4 is 22.9 Å². The molecule has 1 amide bonds. The van der Waals surface area contributed by atoms with E-state index >= 15 is 0 Å². The van der Waals surface area contributed by atoms with Gasteiger partial charge in [-0.05, 0) is 56.2 Å². The molecule has 0 unspecified atom stereocenters. The number of carbonyl (C=O) groups excluding carboxylic acids is 1. The maximum Gasteiger partial charge on any atom is 0.230 e. The predicted octanol–water partition coefficient (Wildman–Crippen LogP) is 5.37. The number of ether oxygens (including phenoxy) is 1. The average Bonchev–Trinajstić information content (AvgIpc) is 3.40. The molecule has 7 nitrogen and oxygen atoms in total. The molecule has 0 atom stereocenters. The molecule has 0 radical (unpaired) electrons. The second kappa shape index (κ2) is 10.2. The van der Waals surface area contributed by atoms with E-state index in [0.717, 1.165) is 70.7 Å². The van der Waals surface area contributed by atoms with E-state index in [-0.39, 0.29) is 12.3 Å². The molecule has 2 aromatic carbocycles. The molecule has 174 valence electrons. The third-order valence-electron chi connectivity index (χ3n) is 5.82. The third kappa shape index (κ3) is 5.02. The number of benzene rings is 2. The van der Waals surface area contributed by atoms with E-state index in [1.165, 1.54) is 17.8 Å². The fourth-order valence-electron chi connectivity index (χ4n) is 4.19. The molecule has 0 aliphatic carbocycles. The highest BCUT2D eigenvalue weighted by atomic mass is 32.1. The highest BCUT2D eigenvalue weighted by Crippen LogP contribution is 2.27. The van der Waals surface area contributed by atoms with Gasteiger partial charge in [0, 0.05) is 35.2 Å². The number of hydrogen-bond donors (Lipinski definition) is 1. The Balaban J connectivity index is 1.25. The van der Waals surface area contributed by atoms with Crippen molar-refractivity contribution in [2.24, 2.45) is 0 Å². The highest BCUT2D eigenvalue weighted by molar-refractivity contribution is 7.13. The zero-order valence-corrected chi connectivity index (χ0v) is 20.0. The van der Waals surface area contributed by atoms with E-state index in [0.29, 0.717) is 6.61 Å². The number of amides is 1. The van der Waals surface area contributed by atoms with Crippen molar-refractivity contribution < 1.29 is 9.53 Å². The van der Waals surface area contributed by atoms with Gasteiger partial charge in [0.1, 0.15) is 16.6 Å². The van der Waals surface area contributed by atoms with E-state index in [1.54, 1.807) is 0 Å². The minimum absolute atomic E-state index is 0.0965. The van der Waals surface area contributed by atoms with E-state index in [1.807, 2.05) is 60.8 Å². The molecular weight excluding hydrogens is 446 g/mol. The molecule has 0 saturated carbocycles. The van der Waals surface area contributed by atoms with Crippen LogP contribution in [-0.4, -0.2) is 32.3 Å². The molecule has 0 fully saturated rings. The summed E-state index contributed by atoms with van der Waals surface area (Å²) in [6.07, 6.45) is 4.70. The van der Waals surface area contributed by atoms with Crippen LogP contribution in [0.5, 0.6) is 5.75 Å². The van der Waals surface area contributed by atoms with Crippen LogP contribution in [0.25, 0.3) is 22.0 Å². The van der Waals surface area contributed by atoms with Crippen LogP contribution in [0.3, 0.4) is 0 Å². The number of thiazole rings is 1. The summed E-state index contributed by atoms with van der Waals surface area (Å²) < 4.78 is 7.71. The molecule has 34 heavy (non-hydrogen) atoms. The van der Waals surface area contributed by atoms with Gasteiger partial charge < -0.3 is 14.6 Å². The van der Waals surface area contributed by atoms with Gasteiger partial charge in [0.05, 0.1) is 18.7 Å². The fraction of sp³-hybridized carbons (Fsp3) is 0.308. The second-order valence-corrected chi connectivity index (χ2v) is 9.17. The minimum Gasteiger partial charge on any atom is -0.494 e. The number of aromatic nitrogens is 4. The van der Waals surface area contributed by atoms with Gasteiger partial charge in [0.25, 0.3) is 0 Å². The van der Waals surface area contributed by atoms with Crippen LogP contribution >= 0.6 is 11.3 Å². The number of carbonyl (C=O) groups is 1. The van der Waals surface area contributed by atoms with Crippen LogP contribution < -0.4 is 10.1 Å². The van der Waals surface area contributed by atoms with Crippen molar-refractivity contribution in [2.75, 3.05) is 11.9 Å². The summed E-state index contributed by atoms with van der Waals surface area (Å²) in [5, 5.41) is 14.7. The topological polar surface area (TPSA) is 81.9 Å². The standard InChI is InChI=1S/C26H27N5O2S/c1-2-33-22-12-10-18(11-13-22)26-28-21(17-34-26)16-24(32)27-20-8-6-7-19(15-20)25-30-29-23-9-4-3-5-14-31(23)25/h6-8,10-13,15,17H,2-5,9,14,16H2,1H3,(H,27,32). The number of anilines is 1. The van der Waals surface area contributed by atoms with Crippen molar-refractivity contribution in [1.29, 1.82) is 0 Å². The Bertz CT molecular complexity index is 1280. The Morgan fingerprint density at radius 1 is 1.09 bits per heavy atom. The van der Waals surface area contributed by atoms with Crippen molar-refractivity contribution in [2.45, 2.75) is 45.6 Å². The van der Waals surface area contributed by atoms with Gasteiger partial charge in [-0.1, -0.05) is 18.6 Å². The SMILES string of the molecule is CCOc1ccc(-c2nc(CC(=O)Nc3cccc(-c4nnc5n4CCCCC5)c3)cs2)cc1. The molecule has 0 bridgehead atoms. The van der Waals surface area contributed by atoms with Crippen molar-refractivity contribution in [3.8, 4) is 27.7 Å². The largest absolute Gasteiger partial charge is 0.494 e. The van der Waals surface area contributed by atoms with Gasteiger partial charge in [-0.25, -0.2) is 4.98 Å². The summed E-state index contributed by atoms with van der Waals surface area (Å²) in [6.45, 7) is 3.54. The van der Waals surface area contributed by atoms with E-state index < -0.39 is 0 Å². The number of aryl methyl sites for hydroxylation is 1. The quantitative estimate of drug-likeness (QED) is 0.390. The van der Waals surface area contributed by atoms with Gasteiger partial charge in [0.2, 0.25) is 5.91 Å². The van der Waals surface area contributed by atoms with Crippen LogP contribution in [0.15, 0.2) is 53.9 Å². The summed E-state index contributed by atoms with van der Waals surface area (Å²) in [7, 11) is 0. The van der Waals surface area contributed by atoms with Crippen molar-refractivity contribution in [3.63, 3.8) is 0 Å². The van der Waals surface area contributed by atoms with Crippen LogP contribution in [0, 0.1) is 0 Å². The van der Waals surface area contributed by atoms with Crippen LogP contribution in [0.4, 0.5) is 5.69 Å². The first-order chi connectivity index (χ1) is 16.7. The molecule has 0 saturated heterocycles. The first-order valence-electron chi connectivity index (χ1n) is 11.7. The lowest BCUT2D eigenvalue weighted by Crippen LogP contribution is -2.14. The van der Waals surface area contributed by atoms with Crippen molar-refractivity contribution in [3.05, 3.63) is 65.4 Å². The lowest BCUT2D eigenvalue weighted by molar-refractivity contribution is -0.115. The number of nitrogens with zero attached hydrogens (tertiary/aromatic N) is 4. The predicted molar refractivity (Wildman–Crippen MR) is 134 cm³/mol. The first kappa shape index (κ1) is 22.3. The Morgan fingerprint density at radius 2 is 1.97 bits per heavy atom. The third-order valence-corrected chi connectivity index (χ3v) is 6.76. The first-order valence-corrected chi connectivity index (χ1v) is 12.6. The summed E-state index contributed by atoms with van der Waals surface area (Å²) in [4.78, 5) is 17.4. The van der Waals surface area contributed by atoms with Gasteiger partial charge >= 0.3 is 0 Å². The van der Waals surface area contributed by atoms with Gasteiger partial charge in [-0.2, -0.15) is 0 Å². The molecule has 3 heterocycles. The Labute approximate surface area is 202 Å². The lowest BCUT2D eigenvalue weighted by atomic mass is 10.1. The molecule has 5 rings (SSSR count). The zero-order chi connectivity index (χ0) is 23.3. The average molecular weight is 474 g/mol. The maximum absolute atomic E-state index is 12.7. The Kier molecular flexibility index (Phi) is 6.67. The zero-order valence-electron chi connectivity index (χ0n) is 19.2. The Hall–Kier alpha value is -3.52. The lowest BCUT2D eigenvalue weighted by Gasteiger charge is -2.09. The number of fused-ring (bicyclic) bond motifs is 1. The van der Waals surface area contributed by atoms with Crippen LogP contribution in [0.2, 0.25) is 0 Å². The van der Waals surface area contributed by atoms with E-state index in [9.17, 15) is 4.79 Å². The molecule has 1 N–H and O–H groups in total. The highest BCUT2D eigenvalue weighted by Gasteiger charge is 2.17. The molecule has 4 aromatic rings. The number of rotatable bonds is 7. The van der Waals surface area contributed by atoms with Crippen LogP contribution in [0.1, 0.15) is 37.7 Å². The van der Waals surface area contributed by atoms with E-state index in [4.69, 9.17) is 4.74 Å². The normalized spacial score (nSPS) is 13.2.